The molecule has 0 radical (unpaired) electrons. The predicted octanol–water partition coefficient (Wildman–Crippen LogP) is 4.76. The fraction of sp³-hybridized carbons (Fsp3) is 0.522. The number of nitrogens with one attached hydrogen (secondary N) is 2. The van der Waals surface area contributed by atoms with Gasteiger partial charge in [0, 0.05) is 6.04 Å². The zero-order valence-electron chi connectivity index (χ0n) is 17.0. The number of hydrogen-bond donors (Lipinski definition) is 3. The van der Waals surface area contributed by atoms with Gasteiger partial charge in [-0.25, -0.2) is 19.4 Å². The molecule has 2 fully saturated rings. The minimum absolute atomic E-state index is 0.0406. The van der Waals surface area contributed by atoms with Gasteiger partial charge in [-0.15, -0.1) is 0 Å². The highest BCUT2D eigenvalue weighted by atomic mass is 19.1. The number of para-hydroxylation sites is 1. The van der Waals surface area contributed by atoms with Crippen LogP contribution < -0.4 is 10.6 Å². The van der Waals surface area contributed by atoms with Crippen molar-refractivity contribution in [3.8, 4) is 0 Å². The van der Waals surface area contributed by atoms with E-state index in [1.165, 1.54) is 18.9 Å². The summed E-state index contributed by atoms with van der Waals surface area (Å²) >= 11 is 0. The van der Waals surface area contributed by atoms with Gasteiger partial charge in [-0.3, -0.25) is 0 Å². The van der Waals surface area contributed by atoms with E-state index in [0.717, 1.165) is 55.7 Å². The number of fused-ring (bicyclic) bond motifs is 1. The van der Waals surface area contributed by atoms with E-state index in [-0.39, 0.29) is 23.9 Å². The first-order valence-electron chi connectivity index (χ1n) is 11.1. The predicted molar refractivity (Wildman–Crippen MR) is 116 cm³/mol. The van der Waals surface area contributed by atoms with E-state index in [0.29, 0.717) is 17.6 Å². The molecule has 2 heterocycles. The van der Waals surface area contributed by atoms with Crippen molar-refractivity contribution >= 4 is 23.2 Å². The Morgan fingerprint density at radius 1 is 1.00 bits per heavy atom. The maximum Gasteiger partial charge on any atom is 0.223 e. The second kappa shape index (κ2) is 8.30. The van der Waals surface area contributed by atoms with E-state index in [9.17, 15) is 9.50 Å². The summed E-state index contributed by atoms with van der Waals surface area (Å²) in [6.45, 7) is 0. The van der Waals surface area contributed by atoms with Crippen LogP contribution >= 0.6 is 0 Å². The first-order valence-corrected chi connectivity index (χ1v) is 11.1. The SMILES string of the molecule is O[C@H]1CC[C@H](Nc2ncc3c(n2)C(C2CCCC2)C(Nc2ccccc2F)=N3)CC1. The zero-order chi connectivity index (χ0) is 20.5. The molecule has 158 valence electrons. The number of aliphatic imine (C=N–C) groups is 1. The van der Waals surface area contributed by atoms with Crippen molar-refractivity contribution in [1.82, 2.24) is 9.97 Å². The smallest absolute Gasteiger partial charge is 0.223 e. The molecule has 6 nitrogen and oxygen atoms in total. The Hall–Kier alpha value is -2.54. The Morgan fingerprint density at radius 3 is 2.53 bits per heavy atom. The summed E-state index contributed by atoms with van der Waals surface area (Å²) in [5, 5.41) is 16.4. The van der Waals surface area contributed by atoms with E-state index in [4.69, 9.17) is 9.98 Å². The molecule has 1 unspecified atom stereocenters. The molecule has 1 aliphatic heterocycles. The molecule has 1 aromatic carbocycles. The Bertz CT molecular complexity index is 935. The molecule has 1 aromatic heterocycles. The van der Waals surface area contributed by atoms with Crippen molar-refractivity contribution in [2.45, 2.75) is 69.4 Å². The van der Waals surface area contributed by atoms with Crippen LogP contribution in [0.3, 0.4) is 0 Å². The fourth-order valence-electron chi connectivity index (χ4n) is 5.05. The molecule has 7 heteroatoms. The molecule has 3 N–H and O–H groups in total. The van der Waals surface area contributed by atoms with Crippen LogP contribution in [-0.4, -0.2) is 33.1 Å². The lowest BCUT2D eigenvalue weighted by Crippen LogP contribution is -2.29. The average Bonchev–Trinajstić information content (AvgIpc) is 3.38. The number of aromatic nitrogens is 2. The van der Waals surface area contributed by atoms with Crippen LogP contribution in [0.4, 0.5) is 21.7 Å². The number of nitrogens with zero attached hydrogens (tertiary/aromatic N) is 3. The van der Waals surface area contributed by atoms with E-state index < -0.39 is 0 Å². The second-order valence-electron chi connectivity index (χ2n) is 8.74. The Kier molecular flexibility index (Phi) is 5.37. The van der Waals surface area contributed by atoms with Gasteiger partial charge in [-0.05, 0) is 56.6 Å². The second-order valence-corrected chi connectivity index (χ2v) is 8.74. The number of aliphatic hydroxyl groups excluding tert-OH is 1. The van der Waals surface area contributed by atoms with Gasteiger partial charge in [0.1, 0.15) is 17.3 Å². The monoisotopic (exact) mass is 409 g/mol. The first kappa shape index (κ1) is 19.4. The molecule has 0 saturated heterocycles. The van der Waals surface area contributed by atoms with Gasteiger partial charge >= 0.3 is 0 Å². The lowest BCUT2D eigenvalue weighted by molar-refractivity contribution is 0.126. The number of rotatable bonds is 4. The van der Waals surface area contributed by atoms with Crippen molar-refractivity contribution in [2.24, 2.45) is 10.9 Å². The summed E-state index contributed by atoms with van der Waals surface area (Å²) < 4.78 is 14.3. The summed E-state index contributed by atoms with van der Waals surface area (Å²) in [6, 6.07) is 6.99. The quantitative estimate of drug-likeness (QED) is 0.678. The number of anilines is 2. The molecule has 3 aliphatic rings. The van der Waals surface area contributed by atoms with Crippen LogP contribution in [-0.2, 0) is 0 Å². The van der Waals surface area contributed by atoms with E-state index in [1.54, 1.807) is 18.3 Å². The molecular formula is C23H28FN5O. The number of halogens is 1. The summed E-state index contributed by atoms with van der Waals surface area (Å²) in [4.78, 5) is 14.1. The minimum Gasteiger partial charge on any atom is -0.393 e. The maximum atomic E-state index is 14.3. The van der Waals surface area contributed by atoms with Crippen molar-refractivity contribution < 1.29 is 9.50 Å². The standard InChI is InChI=1S/C23H28FN5O/c24-17-7-3-4-8-18(17)27-22-20(14-5-1-2-6-14)21-19(28-22)13-25-23(29-21)26-15-9-11-16(30)12-10-15/h3-4,7-8,13-16,20,30H,1-2,5-6,9-12H2,(H,27,28)(H,25,26,29)/t15-,16-,20?. The molecule has 0 amide bonds. The van der Waals surface area contributed by atoms with Gasteiger partial charge in [0.15, 0.2) is 0 Å². The van der Waals surface area contributed by atoms with Crippen molar-refractivity contribution in [2.75, 3.05) is 10.6 Å². The summed E-state index contributed by atoms with van der Waals surface area (Å²) in [5.41, 5.74) is 2.16. The third-order valence-electron chi connectivity index (χ3n) is 6.67. The Labute approximate surface area is 176 Å². The summed E-state index contributed by atoms with van der Waals surface area (Å²) in [6.07, 6.45) is 9.75. The molecule has 30 heavy (non-hydrogen) atoms. The highest BCUT2D eigenvalue weighted by Crippen LogP contribution is 2.45. The molecule has 2 aromatic rings. The molecule has 1 atom stereocenters. The van der Waals surface area contributed by atoms with E-state index >= 15 is 0 Å². The molecular weight excluding hydrogens is 381 g/mol. The van der Waals surface area contributed by atoms with Crippen LogP contribution in [0.1, 0.15) is 63.0 Å². The third kappa shape index (κ3) is 3.90. The summed E-state index contributed by atoms with van der Waals surface area (Å²) in [5.74, 6) is 1.61. The number of hydrogen-bond acceptors (Lipinski definition) is 6. The largest absolute Gasteiger partial charge is 0.393 e. The zero-order valence-corrected chi connectivity index (χ0v) is 17.0. The van der Waals surface area contributed by atoms with Gasteiger partial charge < -0.3 is 15.7 Å². The Morgan fingerprint density at radius 2 is 1.77 bits per heavy atom. The van der Waals surface area contributed by atoms with Gasteiger partial charge in [0.05, 0.1) is 29.6 Å². The van der Waals surface area contributed by atoms with Gasteiger partial charge in [0.2, 0.25) is 5.95 Å². The number of aliphatic hydroxyl groups is 1. The van der Waals surface area contributed by atoms with E-state index in [2.05, 4.69) is 15.6 Å². The summed E-state index contributed by atoms with van der Waals surface area (Å²) in [7, 11) is 0. The van der Waals surface area contributed by atoms with Crippen molar-refractivity contribution in [3.63, 3.8) is 0 Å². The molecule has 0 spiro atoms. The Balaban J connectivity index is 1.40. The number of benzene rings is 1. The maximum absolute atomic E-state index is 14.3. The lowest BCUT2D eigenvalue weighted by Gasteiger charge is -2.26. The van der Waals surface area contributed by atoms with Crippen LogP contribution in [0, 0.1) is 11.7 Å². The first-order chi connectivity index (χ1) is 14.7. The molecule has 0 bridgehead atoms. The van der Waals surface area contributed by atoms with Crippen LogP contribution in [0.5, 0.6) is 0 Å². The van der Waals surface area contributed by atoms with E-state index in [1.807, 2.05) is 6.07 Å². The average molecular weight is 410 g/mol. The fourth-order valence-corrected chi connectivity index (χ4v) is 5.05. The van der Waals surface area contributed by atoms with Gasteiger partial charge in [0.25, 0.3) is 0 Å². The van der Waals surface area contributed by atoms with Crippen molar-refractivity contribution in [3.05, 3.63) is 42.0 Å². The normalized spacial score (nSPS) is 26.3. The van der Waals surface area contributed by atoms with Crippen LogP contribution in [0.15, 0.2) is 35.5 Å². The third-order valence-corrected chi connectivity index (χ3v) is 6.67. The minimum atomic E-state index is -0.283. The van der Waals surface area contributed by atoms with Gasteiger partial charge in [-0.2, -0.15) is 0 Å². The van der Waals surface area contributed by atoms with Crippen molar-refractivity contribution in [1.29, 1.82) is 0 Å². The van der Waals surface area contributed by atoms with Crippen LogP contribution in [0.25, 0.3) is 0 Å². The lowest BCUT2D eigenvalue weighted by atomic mass is 9.87. The molecule has 2 aliphatic carbocycles. The van der Waals surface area contributed by atoms with Crippen LogP contribution in [0.2, 0.25) is 0 Å². The topological polar surface area (TPSA) is 82.4 Å². The van der Waals surface area contributed by atoms with Gasteiger partial charge in [-0.1, -0.05) is 25.0 Å². The highest BCUT2D eigenvalue weighted by molar-refractivity contribution is 6.05. The number of amidine groups is 1. The highest BCUT2D eigenvalue weighted by Gasteiger charge is 2.38. The molecule has 5 rings (SSSR count). The molecule has 2 saturated carbocycles.